The molecule has 2 atom stereocenters. The van der Waals surface area contributed by atoms with E-state index in [-0.39, 0.29) is 5.97 Å². The van der Waals surface area contributed by atoms with Crippen molar-refractivity contribution in [3.8, 4) is 6.07 Å². The molecule has 1 heterocycles. The normalized spacial score (nSPS) is 19.0. The molecule has 7 heteroatoms. The van der Waals surface area contributed by atoms with E-state index < -0.39 is 17.7 Å². The first-order chi connectivity index (χ1) is 11.9. The van der Waals surface area contributed by atoms with E-state index in [2.05, 4.69) is 11.4 Å². The molecule has 0 aliphatic carbocycles. The van der Waals surface area contributed by atoms with Gasteiger partial charge in [-0.3, -0.25) is 9.69 Å². The van der Waals surface area contributed by atoms with Gasteiger partial charge in [0.15, 0.2) is 0 Å². The number of ether oxygens (including phenoxy) is 2. The first kappa shape index (κ1) is 18.7. The SMILES string of the molecule is CCOC(=O)C(C)(CC1CN(c2ccc(CC#N)cc2)C(=O)O1)NC. The average Bonchev–Trinajstić information content (AvgIpc) is 2.96. The van der Waals surface area contributed by atoms with Gasteiger partial charge < -0.3 is 14.8 Å². The van der Waals surface area contributed by atoms with Crippen molar-refractivity contribution in [2.45, 2.75) is 38.3 Å². The summed E-state index contributed by atoms with van der Waals surface area (Å²) in [6, 6.07) is 9.30. The van der Waals surface area contributed by atoms with E-state index in [9.17, 15) is 9.59 Å². The number of amides is 1. The molecule has 1 N–H and O–H groups in total. The van der Waals surface area contributed by atoms with Crippen LogP contribution in [0.4, 0.5) is 10.5 Å². The Morgan fingerprint density at radius 2 is 2.16 bits per heavy atom. The predicted molar refractivity (Wildman–Crippen MR) is 92.1 cm³/mol. The lowest BCUT2D eigenvalue weighted by Crippen LogP contribution is -2.51. The minimum absolute atomic E-state index is 0.293. The van der Waals surface area contributed by atoms with Gasteiger partial charge in [-0.25, -0.2) is 4.79 Å². The molecule has 2 unspecified atom stereocenters. The minimum Gasteiger partial charge on any atom is -0.465 e. The molecule has 0 radical (unpaired) electrons. The smallest absolute Gasteiger partial charge is 0.414 e. The van der Waals surface area contributed by atoms with Crippen molar-refractivity contribution in [3.63, 3.8) is 0 Å². The topological polar surface area (TPSA) is 91.7 Å². The Bertz CT molecular complexity index is 668. The summed E-state index contributed by atoms with van der Waals surface area (Å²) >= 11 is 0. The van der Waals surface area contributed by atoms with Crippen LogP contribution >= 0.6 is 0 Å². The molecular formula is C18H23N3O4. The van der Waals surface area contributed by atoms with E-state index in [1.54, 1.807) is 33.0 Å². The summed E-state index contributed by atoms with van der Waals surface area (Å²) in [5.74, 6) is -0.368. The van der Waals surface area contributed by atoms with Gasteiger partial charge in [0, 0.05) is 12.1 Å². The Labute approximate surface area is 147 Å². The van der Waals surface area contributed by atoms with Crippen LogP contribution in [-0.2, 0) is 20.7 Å². The average molecular weight is 345 g/mol. The quantitative estimate of drug-likeness (QED) is 0.760. The molecule has 7 nitrogen and oxygen atoms in total. The van der Waals surface area contributed by atoms with Crippen LogP contribution in [0.1, 0.15) is 25.8 Å². The number of nitriles is 1. The van der Waals surface area contributed by atoms with Gasteiger partial charge in [0.1, 0.15) is 11.6 Å². The van der Waals surface area contributed by atoms with Crippen LogP contribution in [0.15, 0.2) is 24.3 Å². The Balaban J connectivity index is 2.06. The molecule has 1 fully saturated rings. The predicted octanol–water partition coefficient (Wildman–Crippen LogP) is 2.01. The summed E-state index contributed by atoms with van der Waals surface area (Å²) in [6.45, 7) is 4.13. The maximum atomic E-state index is 12.2. The fourth-order valence-corrected chi connectivity index (χ4v) is 2.76. The van der Waals surface area contributed by atoms with Gasteiger partial charge >= 0.3 is 12.1 Å². The molecule has 0 aromatic heterocycles. The lowest BCUT2D eigenvalue weighted by molar-refractivity contribution is -0.151. The molecule has 1 aliphatic rings. The van der Waals surface area contributed by atoms with E-state index in [0.29, 0.717) is 31.7 Å². The molecule has 25 heavy (non-hydrogen) atoms. The van der Waals surface area contributed by atoms with Gasteiger partial charge in [-0.05, 0) is 38.6 Å². The van der Waals surface area contributed by atoms with E-state index in [1.165, 1.54) is 4.90 Å². The van der Waals surface area contributed by atoms with Crippen LogP contribution in [0.5, 0.6) is 0 Å². The van der Waals surface area contributed by atoms with Crippen molar-refractivity contribution >= 4 is 17.7 Å². The van der Waals surface area contributed by atoms with E-state index >= 15 is 0 Å². The van der Waals surface area contributed by atoms with Gasteiger partial charge in [-0.15, -0.1) is 0 Å². The highest BCUT2D eigenvalue weighted by molar-refractivity contribution is 5.90. The van der Waals surface area contributed by atoms with Crippen molar-refractivity contribution in [2.75, 3.05) is 25.1 Å². The second-order valence-electron chi connectivity index (χ2n) is 6.12. The molecule has 1 saturated heterocycles. The highest BCUT2D eigenvalue weighted by Crippen LogP contribution is 2.26. The number of rotatable bonds is 7. The summed E-state index contributed by atoms with van der Waals surface area (Å²) in [7, 11) is 1.68. The van der Waals surface area contributed by atoms with Gasteiger partial charge in [0.25, 0.3) is 0 Å². The number of carbonyl (C=O) groups is 2. The number of hydrogen-bond donors (Lipinski definition) is 1. The van der Waals surface area contributed by atoms with Crippen molar-refractivity contribution in [1.82, 2.24) is 5.32 Å². The number of hydrogen-bond acceptors (Lipinski definition) is 6. The van der Waals surface area contributed by atoms with E-state index in [4.69, 9.17) is 14.7 Å². The van der Waals surface area contributed by atoms with Crippen LogP contribution < -0.4 is 10.2 Å². The van der Waals surface area contributed by atoms with E-state index in [0.717, 1.165) is 5.56 Å². The fourth-order valence-electron chi connectivity index (χ4n) is 2.76. The third-order valence-electron chi connectivity index (χ3n) is 4.32. The monoisotopic (exact) mass is 345 g/mol. The third-order valence-corrected chi connectivity index (χ3v) is 4.32. The molecule has 0 saturated carbocycles. The zero-order valence-corrected chi connectivity index (χ0v) is 14.7. The van der Waals surface area contributed by atoms with Gasteiger partial charge in [-0.2, -0.15) is 5.26 Å². The fraction of sp³-hybridized carbons (Fsp3) is 0.500. The number of esters is 1. The Kier molecular flexibility index (Phi) is 5.99. The second-order valence-corrected chi connectivity index (χ2v) is 6.12. The van der Waals surface area contributed by atoms with Crippen molar-refractivity contribution in [1.29, 1.82) is 5.26 Å². The first-order valence-corrected chi connectivity index (χ1v) is 8.23. The molecule has 2 rings (SSSR count). The largest absolute Gasteiger partial charge is 0.465 e. The van der Waals surface area contributed by atoms with Crippen LogP contribution in [-0.4, -0.2) is 43.9 Å². The van der Waals surface area contributed by atoms with Crippen LogP contribution in [0.3, 0.4) is 0 Å². The highest BCUT2D eigenvalue weighted by atomic mass is 16.6. The third kappa shape index (κ3) is 4.28. The van der Waals surface area contributed by atoms with Gasteiger partial charge in [0.2, 0.25) is 0 Å². The maximum absolute atomic E-state index is 12.2. The van der Waals surface area contributed by atoms with Crippen molar-refractivity contribution < 1.29 is 19.1 Å². The van der Waals surface area contributed by atoms with Crippen molar-refractivity contribution in [2.24, 2.45) is 0 Å². The molecular weight excluding hydrogens is 322 g/mol. The van der Waals surface area contributed by atoms with Crippen LogP contribution in [0.25, 0.3) is 0 Å². The molecule has 0 spiro atoms. The number of carbonyl (C=O) groups excluding carboxylic acids is 2. The Hall–Kier alpha value is -2.59. The lowest BCUT2D eigenvalue weighted by atomic mass is 9.94. The van der Waals surface area contributed by atoms with Gasteiger partial charge in [-0.1, -0.05) is 12.1 Å². The summed E-state index contributed by atoms with van der Waals surface area (Å²) < 4.78 is 10.5. The first-order valence-electron chi connectivity index (χ1n) is 8.23. The summed E-state index contributed by atoms with van der Waals surface area (Å²) in [5.41, 5.74) is 0.671. The summed E-state index contributed by atoms with van der Waals surface area (Å²) in [6.07, 6.45) is -0.224. The van der Waals surface area contributed by atoms with Crippen LogP contribution in [0.2, 0.25) is 0 Å². The van der Waals surface area contributed by atoms with Crippen LogP contribution in [0, 0.1) is 11.3 Å². The number of cyclic esters (lactones) is 1. The maximum Gasteiger partial charge on any atom is 0.414 e. The summed E-state index contributed by atoms with van der Waals surface area (Å²) in [4.78, 5) is 25.9. The van der Waals surface area contributed by atoms with Gasteiger partial charge in [0.05, 0.1) is 25.6 Å². The second kappa shape index (κ2) is 7.99. The Morgan fingerprint density at radius 1 is 1.48 bits per heavy atom. The zero-order chi connectivity index (χ0) is 18.4. The van der Waals surface area contributed by atoms with Crippen molar-refractivity contribution in [3.05, 3.63) is 29.8 Å². The Morgan fingerprint density at radius 3 is 2.72 bits per heavy atom. The molecule has 0 bridgehead atoms. The number of anilines is 1. The molecule has 134 valence electrons. The van der Waals surface area contributed by atoms with E-state index in [1.807, 2.05) is 12.1 Å². The number of benzene rings is 1. The zero-order valence-electron chi connectivity index (χ0n) is 14.7. The summed E-state index contributed by atoms with van der Waals surface area (Å²) in [5, 5.41) is 11.7. The minimum atomic E-state index is -0.923. The highest BCUT2D eigenvalue weighted by Gasteiger charge is 2.41. The molecule has 1 amide bonds. The number of nitrogens with zero attached hydrogens (tertiary/aromatic N) is 2. The number of nitrogens with one attached hydrogen (secondary N) is 1. The molecule has 1 aliphatic heterocycles. The number of likely N-dealkylation sites (N-methyl/N-ethyl adjacent to an activating group) is 1. The molecule has 1 aromatic rings. The standard InChI is InChI=1S/C18H23N3O4/c1-4-24-16(22)18(2,20-3)11-15-12-21(17(23)25-15)14-7-5-13(6-8-14)9-10-19/h5-8,15,20H,4,9,11-12H2,1-3H3. The lowest BCUT2D eigenvalue weighted by Gasteiger charge is -2.28. The molecule has 1 aromatic carbocycles.